The second kappa shape index (κ2) is 10.6. The summed E-state index contributed by atoms with van der Waals surface area (Å²) in [5.41, 5.74) is 6.05. The number of fused-ring (bicyclic) bond motifs is 2. The molecule has 4 heterocycles. The van der Waals surface area contributed by atoms with E-state index in [0.29, 0.717) is 43.6 Å². The Morgan fingerprint density at radius 2 is 2.00 bits per heavy atom. The van der Waals surface area contributed by atoms with Crippen molar-refractivity contribution < 1.29 is 9.53 Å². The Morgan fingerprint density at radius 1 is 1.18 bits per heavy atom. The van der Waals surface area contributed by atoms with Gasteiger partial charge >= 0.3 is 6.01 Å². The number of nitrogens with one attached hydrogen (secondary N) is 1. The predicted octanol–water partition coefficient (Wildman–Crippen LogP) is 3.49. The molecule has 0 spiro atoms. The molecule has 0 radical (unpaired) electrons. The van der Waals surface area contributed by atoms with Gasteiger partial charge in [-0.05, 0) is 81.3 Å². The van der Waals surface area contributed by atoms with Gasteiger partial charge in [0.1, 0.15) is 12.4 Å². The molecule has 2 aliphatic heterocycles. The summed E-state index contributed by atoms with van der Waals surface area (Å²) in [6, 6.07) is 5.18. The minimum Gasteiger partial charge on any atom is -0.462 e. The van der Waals surface area contributed by atoms with Crippen LogP contribution in [0.25, 0.3) is 10.9 Å². The predicted molar refractivity (Wildman–Crippen MR) is 152 cm³/mol. The highest BCUT2D eigenvalue weighted by atomic mass is 16.5. The third-order valence-electron chi connectivity index (χ3n) is 9.07. The van der Waals surface area contributed by atoms with E-state index in [0.717, 1.165) is 55.9 Å². The summed E-state index contributed by atoms with van der Waals surface area (Å²) in [5, 5.41) is 8.68. The standard InChI is InChI=1S/C30H39N7O2/c1-5-27(38)36-11-13-37(14-12-36)29-23-15-20(3)22(28-19(2)8-9-25-24(28)17-31-34-25)16-26(23)32-30(33-29)39-18-21-7-6-10-35(21)4/h5,8-9,17,20-22H,1,6-7,10-16,18H2,2-4H3,(H,31,34)/t20?,21-,22?/m0/s1. The number of carbonyl (C=O) groups is 1. The van der Waals surface area contributed by atoms with Crippen LogP contribution in [0.1, 0.15) is 48.1 Å². The molecular weight excluding hydrogens is 490 g/mol. The van der Waals surface area contributed by atoms with Crippen molar-refractivity contribution in [1.29, 1.82) is 0 Å². The fourth-order valence-electron chi connectivity index (χ4n) is 6.73. The summed E-state index contributed by atoms with van der Waals surface area (Å²) in [5.74, 6) is 1.72. The lowest BCUT2D eigenvalue weighted by atomic mass is 9.73. The van der Waals surface area contributed by atoms with Crippen molar-refractivity contribution in [2.75, 3.05) is 51.3 Å². The van der Waals surface area contributed by atoms with Crippen LogP contribution >= 0.6 is 0 Å². The maximum Gasteiger partial charge on any atom is 0.318 e. The first-order valence-electron chi connectivity index (χ1n) is 14.2. The number of H-pyrrole nitrogens is 1. The zero-order valence-electron chi connectivity index (χ0n) is 23.3. The van der Waals surface area contributed by atoms with E-state index in [1.165, 1.54) is 34.6 Å². The van der Waals surface area contributed by atoms with E-state index in [1.807, 2.05) is 11.1 Å². The number of ether oxygens (including phenoxy) is 1. The van der Waals surface area contributed by atoms with Gasteiger partial charge in [0.05, 0.1) is 17.4 Å². The van der Waals surface area contributed by atoms with Gasteiger partial charge in [-0.3, -0.25) is 9.89 Å². The van der Waals surface area contributed by atoms with Crippen molar-refractivity contribution in [3.05, 3.63) is 53.4 Å². The van der Waals surface area contributed by atoms with Crippen LogP contribution in [0.4, 0.5) is 5.82 Å². The first-order valence-corrected chi connectivity index (χ1v) is 14.2. The number of anilines is 1. The van der Waals surface area contributed by atoms with Crippen molar-refractivity contribution in [1.82, 2.24) is 30.0 Å². The van der Waals surface area contributed by atoms with E-state index in [1.54, 1.807) is 0 Å². The highest BCUT2D eigenvalue weighted by Crippen LogP contribution is 2.43. The summed E-state index contributed by atoms with van der Waals surface area (Å²) in [4.78, 5) is 28.8. The molecule has 3 aromatic rings. The van der Waals surface area contributed by atoms with Crippen LogP contribution in [0.5, 0.6) is 6.01 Å². The number of amides is 1. The second-order valence-corrected chi connectivity index (χ2v) is 11.5. The zero-order valence-corrected chi connectivity index (χ0v) is 23.3. The number of benzene rings is 1. The van der Waals surface area contributed by atoms with Crippen LogP contribution in [0.15, 0.2) is 31.0 Å². The Hall–Kier alpha value is -3.46. The van der Waals surface area contributed by atoms with E-state index in [4.69, 9.17) is 14.7 Å². The molecule has 6 rings (SSSR count). The molecular formula is C30H39N7O2. The average Bonchev–Trinajstić information content (AvgIpc) is 3.59. The number of aromatic nitrogens is 4. The number of likely N-dealkylation sites (N-methyl/N-ethyl adjacent to an activating group) is 1. The maximum atomic E-state index is 12.2. The minimum atomic E-state index is -0.00988. The number of nitrogens with zero attached hydrogens (tertiary/aromatic N) is 6. The largest absolute Gasteiger partial charge is 0.462 e. The molecule has 2 unspecified atom stereocenters. The summed E-state index contributed by atoms with van der Waals surface area (Å²) in [6.07, 6.45) is 7.45. The highest BCUT2D eigenvalue weighted by molar-refractivity contribution is 5.87. The number of likely N-dealkylation sites (tertiary alicyclic amines) is 1. The van der Waals surface area contributed by atoms with E-state index in [-0.39, 0.29) is 5.91 Å². The summed E-state index contributed by atoms with van der Waals surface area (Å²) >= 11 is 0. The molecule has 9 nitrogen and oxygen atoms in total. The summed E-state index contributed by atoms with van der Waals surface area (Å²) in [7, 11) is 2.16. The minimum absolute atomic E-state index is 0.00988. The number of hydrogen-bond donors (Lipinski definition) is 1. The number of aromatic amines is 1. The lowest BCUT2D eigenvalue weighted by molar-refractivity contribution is -0.126. The molecule has 2 aromatic heterocycles. The van der Waals surface area contributed by atoms with Crippen LogP contribution < -0.4 is 9.64 Å². The Bertz CT molecular complexity index is 1380. The van der Waals surface area contributed by atoms with Gasteiger partial charge in [-0.25, -0.2) is 0 Å². The van der Waals surface area contributed by atoms with Crippen LogP contribution in [-0.4, -0.2) is 88.3 Å². The van der Waals surface area contributed by atoms with Crippen LogP contribution in [0.2, 0.25) is 0 Å². The van der Waals surface area contributed by atoms with Crippen LogP contribution in [-0.2, 0) is 17.6 Å². The van der Waals surface area contributed by atoms with E-state index in [9.17, 15) is 4.79 Å². The number of hydrogen-bond acceptors (Lipinski definition) is 7. The van der Waals surface area contributed by atoms with Crippen LogP contribution in [0.3, 0.4) is 0 Å². The number of carbonyl (C=O) groups excluding carboxylic acids is 1. The summed E-state index contributed by atoms with van der Waals surface area (Å²) < 4.78 is 6.30. The zero-order chi connectivity index (χ0) is 27.1. The Labute approximate surface area is 230 Å². The van der Waals surface area contributed by atoms with Crippen molar-refractivity contribution in [3.63, 3.8) is 0 Å². The Balaban J connectivity index is 1.34. The second-order valence-electron chi connectivity index (χ2n) is 11.5. The van der Waals surface area contributed by atoms with Gasteiger partial charge < -0.3 is 19.4 Å². The van der Waals surface area contributed by atoms with Crippen LogP contribution in [0, 0.1) is 12.8 Å². The van der Waals surface area contributed by atoms with Crippen molar-refractivity contribution >= 4 is 22.6 Å². The average molecular weight is 530 g/mol. The third kappa shape index (κ3) is 4.88. The molecule has 1 amide bonds. The van der Waals surface area contributed by atoms with Gasteiger partial charge in [-0.2, -0.15) is 15.1 Å². The molecule has 1 N–H and O–H groups in total. The van der Waals surface area contributed by atoms with E-state index in [2.05, 4.69) is 59.6 Å². The molecule has 39 heavy (non-hydrogen) atoms. The molecule has 1 aliphatic carbocycles. The molecule has 0 bridgehead atoms. The molecule has 3 aliphatic rings. The molecule has 2 saturated heterocycles. The third-order valence-corrected chi connectivity index (χ3v) is 9.07. The SMILES string of the molecule is C=CC(=O)N1CCN(c2nc(OC[C@@H]3CCCN3C)nc3c2CC(C)C(c2c(C)ccc4[nH]ncc24)C3)CC1. The monoisotopic (exact) mass is 529 g/mol. The van der Waals surface area contributed by atoms with Gasteiger partial charge in [0.25, 0.3) is 0 Å². The van der Waals surface area contributed by atoms with Gasteiger partial charge in [0.2, 0.25) is 5.91 Å². The Kier molecular flexibility index (Phi) is 7.01. The quantitative estimate of drug-likeness (QED) is 0.489. The van der Waals surface area contributed by atoms with Gasteiger partial charge in [0, 0.05) is 43.2 Å². The molecule has 3 atom stereocenters. The molecule has 1 aromatic carbocycles. The molecule has 9 heteroatoms. The van der Waals surface area contributed by atoms with Gasteiger partial charge in [0.15, 0.2) is 0 Å². The molecule has 0 saturated carbocycles. The molecule has 206 valence electrons. The highest BCUT2D eigenvalue weighted by Gasteiger charge is 2.35. The normalized spacial score (nSPS) is 23.7. The van der Waals surface area contributed by atoms with Crippen molar-refractivity contribution in [2.45, 2.75) is 51.5 Å². The lowest BCUT2D eigenvalue weighted by Crippen LogP contribution is -2.49. The fraction of sp³-hybridized carbons (Fsp3) is 0.533. The topological polar surface area (TPSA) is 90.5 Å². The van der Waals surface area contributed by atoms with Gasteiger partial charge in [-0.15, -0.1) is 0 Å². The van der Waals surface area contributed by atoms with Gasteiger partial charge in [-0.1, -0.05) is 19.6 Å². The lowest BCUT2D eigenvalue weighted by Gasteiger charge is -2.38. The van der Waals surface area contributed by atoms with E-state index >= 15 is 0 Å². The first kappa shape index (κ1) is 25.8. The summed E-state index contributed by atoms with van der Waals surface area (Å²) in [6.45, 7) is 12.7. The number of piperazine rings is 1. The number of rotatable bonds is 6. The first-order chi connectivity index (χ1) is 18.9. The fourth-order valence-corrected chi connectivity index (χ4v) is 6.73. The van der Waals surface area contributed by atoms with Crippen molar-refractivity contribution in [3.8, 4) is 6.01 Å². The maximum absolute atomic E-state index is 12.2. The Morgan fingerprint density at radius 3 is 2.74 bits per heavy atom. The smallest absolute Gasteiger partial charge is 0.318 e. The molecule has 2 fully saturated rings. The van der Waals surface area contributed by atoms with Crippen molar-refractivity contribution in [2.24, 2.45) is 5.92 Å². The number of aryl methyl sites for hydroxylation is 1. The van der Waals surface area contributed by atoms with E-state index < -0.39 is 0 Å².